The van der Waals surface area contributed by atoms with Gasteiger partial charge in [0.2, 0.25) is 0 Å². The van der Waals surface area contributed by atoms with Crippen LogP contribution in [0, 0.1) is 5.82 Å². The van der Waals surface area contributed by atoms with Crippen LogP contribution in [0.15, 0.2) is 18.2 Å². The van der Waals surface area contributed by atoms with Gasteiger partial charge in [0, 0.05) is 18.7 Å². The molecule has 94 valence electrons. The first-order chi connectivity index (χ1) is 8.17. The molecule has 0 fully saturated rings. The molecule has 6 heteroatoms. The molecule has 1 aromatic carbocycles. The fourth-order valence-electron chi connectivity index (χ4n) is 1.23. The lowest BCUT2D eigenvalue weighted by Gasteiger charge is -2.09. The zero-order chi connectivity index (χ0) is 12.7. The lowest BCUT2D eigenvalue weighted by Crippen LogP contribution is -2.29. The van der Waals surface area contributed by atoms with Gasteiger partial charge in [0.15, 0.2) is 0 Å². The molecule has 1 rings (SSSR count). The van der Waals surface area contributed by atoms with Crippen LogP contribution in [0.3, 0.4) is 0 Å². The maximum atomic E-state index is 13.0. The second-order valence-corrected chi connectivity index (χ2v) is 3.25. The smallest absolute Gasteiger partial charge is 0.407 e. The number of nitrogens with two attached hydrogens (primary N) is 1. The zero-order valence-electron chi connectivity index (χ0n) is 9.53. The van der Waals surface area contributed by atoms with Gasteiger partial charge in [-0.2, -0.15) is 0 Å². The summed E-state index contributed by atoms with van der Waals surface area (Å²) in [7, 11) is 1.46. The first kappa shape index (κ1) is 13.2. The summed E-state index contributed by atoms with van der Waals surface area (Å²) in [4.78, 5) is 11.1. The summed E-state index contributed by atoms with van der Waals surface area (Å²) >= 11 is 0. The fraction of sp³-hybridized carbons (Fsp3) is 0.364. The van der Waals surface area contributed by atoms with E-state index in [1.807, 2.05) is 0 Å². The van der Waals surface area contributed by atoms with Crippen LogP contribution in [0.25, 0.3) is 0 Å². The summed E-state index contributed by atoms with van der Waals surface area (Å²) in [5, 5.41) is 2.43. The van der Waals surface area contributed by atoms with E-state index in [-0.39, 0.29) is 6.61 Å². The van der Waals surface area contributed by atoms with Gasteiger partial charge in [0.25, 0.3) is 0 Å². The third-order valence-corrected chi connectivity index (χ3v) is 2.01. The quantitative estimate of drug-likeness (QED) is 0.808. The van der Waals surface area contributed by atoms with Crippen LogP contribution in [-0.2, 0) is 11.3 Å². The van der Waals surface area contributed by atoms with Gasteiger partial charge >= 0.3 is 6.09 Å². The summed E-state index contributed by atoms with van der Waals surface area (Å²) in [6, 6.07) is 4.01. The highest BCUT2D eigenvalue weighted by atomic mass is 19.1. The molecule has 0 aliphatic heterocycles. The van der Waals surface area contributed by atoms with Gasteiger partial charge < -0.3 is 20.5 Å². The Morgan fingerprint density at radius 2 is 2.29 bits per heavy atom. The number of carbonyl (C=O) groups is 1. The summed E-state index contributed by atoms with van der Waals surface area (Å²) in [5.41, 5.74) is 5.68. The van der Waals surface area contributed by atoms with E-state index < -0.39 is 11.9 Å². The average Bonchev–Trinajstić information content (AvgIpc) is 2.34. The van der Waals surface area contributed by atoms with Crippen molar-refractivity contribution in [1.29, 1.82) is 0 Å². The van der Waals surface area contributed by atoms with Gasteiger partial charge in [-0.15, -0.1) is 0 Å². The molecule has 0 aromatic heterocycles. The molecule has 0 saturated carbocycles. The Balaban J connectivity index is 2.56. The number of hydrogen-bond acceptors (Lipinski definition) is 4. The summed E-state index contributed by atoms with van der Waals surface area (Å²) < 4.78 is 22.9. The first-order valence-electron chi connectivity index (χ1n) is 5.10. The van der Waals surface area contributed by atoms with Gasteiger partial charge in [-0.1, -0.05) is 0 Å². The lowest BCUT2D eigenvalue weighted by atomic mass is 10.2. The summed E-state index contributed by atoms with van der Waals surface area (Å²) in [6.07, 6.45) is -0.596. The van der Waals surface area contributed by atoms with Crippen molar-refractivity contribution in [2.24, 2.45) is 5.73 Å². The Labute approximate surface area is 98.7 Å². The maximum Gasteiger partial charge on any atom is 0.407 e. The van der Waals surface area contributed by atoms with Crippen molar-refractivity contribution in [3.05, 3.63) is 29.6 Å². The normalized spacial score (nSPS) is 9.82. The van der Waals surface area contributed by atoms with Gasteiger partial charge in [-0.05, 0) is 18.2 Å². The number of rotatable bonds is 5. The summed E-state index contributed by atoms with van der Waals surface area (Å²) in [5.74, 6) is 0.0600. The number of methoxy groups -OCH3 is 1. The van der Waals surface area contributed by atoms with E-state index >= 15 is 0 Å². The Morgan fingerprint density at radius 3 is 2.94 bits per heavy atom. The van der Waals surface area contributed by atoms with Crippen LogP contribution in [0.1, 0.15) is 5.56 Å². The highest BCUT2D eigenvalue weighted by molar-refractivity contribution is 5.67. The first-order valence-corrected chi connectivity index (χ1v) is 5.10. The zero-order valence-corrected chi connectivity index (χ0v) is 9.53. The van der Waals surface area contributed by atoms with Crippen molar-refractivity contribution in [1.82, 2.24) is 5.32 Å². The van der Waals surface area contributed by atoms with Crippen LogP contribution in [0.5, 0.6) is 5.75 Å². The van der Waals surface area contributed by atoms with Crippen LogP contribution >= 0.6 is 0 Å². The van der Waals surface area contributed by atoms with E-state index in [0.717, 1.165) is 0 Å². The predicted octanol–water partition coefficient (Wildman–Crippen LogP) is 1.02. The molecule has 0 bridgehead atoms. The van der Waals surface area contributed by atoms with Gasteiger partial charge in [0.05, 0.1) is 7.11 Å². The second-order valence-electron chi connectivity index (χ2n) is 3.25. The van der Waals surface area contributed by atoms with E-state index in [4.69, 9.17) is 15.2 Å². The molecule has 0 saturated heterocycles. The number of carbonyl (C=O) groups excluding carboxylic acids is 1. The van der Waals surface area contributed by atoms with Gasteiger partial charge in [-0.25, -0.2) is 9.18 Å². The Morgan fingerprint density at radius 1 is 1.53 bits per heavy atom. The van der Waals surface area contributed by atoms with E-state index in [1.54, 1.807) is 0 Å². The van der Waals surface area contributed by atoms with Crippen molar-refractivity contribution in [3.8, 4) is 5.75 Å². The Kier molecular flexibility index (Phi) is 5.22. The minimum absolute atomic E-state index is 0.0582. The van der Waals surface area contributed by atoms with Crippen molar-refractivity contribution in [3.63, 3.8) is 0 Å². The second kappa shape index (κ2) is 6.70. The Bertz CT molecular complexity index is 385. The molecule has 17 heavy (non-hydrogen) atoms. The molecule has 1 aromatic rings. The van der Waals surface area contributed by atoms with Crippen LogP contribution < -0.4 is 15.8 Å². The molecule has 0 spiro atoms. The fourth-order valence-corrected chi connectivity index (χ4v) is 1.23. The highest BCUT2D eigenvalue weighted by Crippen LogP contribution is 2.19. The molecule has 1 amide bonds. The molecule has 0 aliphatic carbocycles. The predicted molar refractivity (Wildman–Crippen MR) is 60.2 cm³/mol. The van der Waals surface area contributed by atoms with E-state index in [2.05, 4.69) is 5.32 Å². The molecule has 0 radical (unpaired) electrons. The topological polar surface area (TPSA) is 73.6 Å². The summed E-state index contributed by atoms with van der Waals surface area (Å²) in [6.45, 7) is 0.606. The lowest BCUT2D eigenvalue weighted by molar-refractivity contribution is 0.139. The highest BCUT2D eigenvalue weighted by Gasteiger charge is 2.07. The van der Waals surface area contributed by atoms with Crippen LogP contribution in [0.2, 0.25) is 0 Å². The van der Waals surface area contributed by atoms with Gasteiger partial charge in [-0.3, -0.25) is 0 Å². The molecule has 0 aliphatic rings. The van der Waals surface area contributed by atoms with Crippen LogP contribution in [-0.4, -0.2) is 26.3 Å². The molecule has 0 atom stereocenters. The average molecular weight is 242 g/mol. The minimum Gasteiger partial charge on any atom is -0.496 e. The number of nitrogens with one attached hydrogen (secondary N) is 1. The monoisotopic (exact) mass is 242 g/mol. The number of ether oxygens (including phenoxy) is 2. The molecule has 0 unspecified atom stereocenters. The van der Waals surface area contributed by atoms with E-state index in [1.165, 1.54) is 25.3 Å². The maximum absolute atomic E-state index is 13.0. The number of hydrogen-bond donors (Lipinski definition) is 2. The largest absolute Gasteiger partial charge is 0.496 e. The standard InChI is InChI=1S/C11H15FN2O3/c1-16-10-3-2-9(12)6-8(10)7-17-11(15)14-5-4-13/h2-3,6H,4-5,7,13H2,1H3,(H,14,15). The Hall–Kier alpha value is -1.82. The number of amides is 1. The molecular weight excluding hydrogens is 227 g/mol. The van der Waals surface area contributed by atoms with Crippen molar-refractivity contribution in [2.75, 3.05) is 20.2 Å². The minimum atomic E-state index is -0.596. The molecule has 5 nitrogen and oxygen atoms in total. The third kappa shape index (κ3) is 4.28. The van der Waals surface area contributed by atoms with Crippen molar-refractivity contribution >= 4 is 6.09 Å². The van der Waals surface area contributed by atoms with E-state index in [0.29, 0.717) is 24.4 Å². The van der Waals surface area contributed by atoms with Gasteiger partial charge in [0.1, 0.15) is 18.2 Å². The third-order valence-electron chi connectivity index (χ3n) is 2.01. The van der Waals surface area contributed by atoms with Crippen LogP contribution in [0.4, 0.5) is 9.18 Å². The number of benzene rings is 1. The van der Waals surface area contributed by atoms with Crippen molar-refractivity contribution < 1.29 is 18.7 Å². The number of halogens is 1. The molecular formula is C11H15FN2O3. The molecule has 0 heterocycles. The SMILES string of the molecule is COc1ccc(F)cc1COC(=O)NCCN. The van der Waals surface area contributed by atoms with Crippen molar-refractivity contribution in [2.45, 2.75) is 6.61 Å². The molecule has 3 N–H and O–H groups in total. The van der Waals surface area contributed by atoms with E-state index in [9.17, 15) is 9.18 Å². The number of alkyl carbamates (subject to hydrolysis) is 1.